The molecule has 0 amide bonds. The summed E-state index contributed by atoms with van der Waals surface area (Å²) in [6.07, 6.45) is 0. The minimum Gasteiger partial charge on any atom is -0.399 e. The molecule has 1 fully saturated rings. The first-order valence-electron chi connectivity index (χ1n) is 6.31. The maximum absolute atomic E-state index is 12.7. The molecule has 1 aromatic rings. The zero-order valence-corrected chi connectivity index (χ0v) is 12.6. The highest BCUT2D eigenvalue weighted by Gasteiger charge is 2.38. The van der Waals surface area contributed by atoms with E-state index < -0.39 is 26.2 Å². The number of rotatable bonds is 3. The van der Waals surface area contributed by atoms with E-state index in [1.54, 1.807) is 13.8 Å². The molecule has 0 atom stereocenters. The summed E-state index contributed by atoms with van der Waals surface area (Å²) in [6.45, 7) is 4.05. The number of hydrogen-bond acceptors (Lipinski definition) is 6. The van der Waals surface area contributed by atoms with Gasteiger partial charge in [-0.1, -0.05) is 0 Å². The molecule has 0 bridgehead atoms. The number of anilines is 1. The Hall–Kier alpha value is -1.71. The molecule has 116 valence electrons. The molecule has 2 N–H and O–H groups in total. The molecule has 0 saturated carbocycles. The Morgan fingerprint density at radius 3 is 2.67 bits per heavy atom. The summed E-state index contributed by atoms with van der Waals surface area (Å²) < 4.78 is 32.0. The van der Waals surface area contributed by atoms with E-state index in [0.29, 0.717) is 0 Å². The van der Waals surface area contributed by atoms with Crippen LogP contribution < -0.4 is 5.73 Å². The predicted octanol–water partition coefficient (Wildman–Crippen LogP) is 0.977. The number of nitrogen functional groups attached to an aromatic ring is 1. The topological polar surface area (TPSA) is 116 Å². The lowest BCUT2D eigenvalue weighted by molar-refractivity contribution is -0.387. The second-order valence-electron chi connectivity index (χ2n) is 5.43. The SMILES string of the molecule is CC1(C)CN(S(=O)(=O)c2cc(N)ccc2[N+](=O)[O-])CCO1. The van der Waals surface area contributed by atoms with Gasteiger partial charge in [-0.25, -0.2) is 8.42 Å². The molecular formula is C12H17N3O5S. The lowest BCUT2D eigenvalue weighted by atomic mass is 10.1. The molecule has 0 aromatic heterocycles. The van der Waals surface area contributed by atoms with Crippen molar-refractivity contribution in [2.45, 2.75) is 24.3 Å². The number of sulfonamides is 1. The number of benzene rings is 1. The van der Waals surface area contributed by atoms with E-state index in [1.807, 2.05) is 0 Å². The standard InChI is InChI=1S/C12H17N3O5S/c1-12(2)8-14(5-6-20-12)21(18,19)11-7-9(13)3-4-10(11)15(16)17/h3-4,7H,5-6,8,13H2,1-2H3. The monoisotopic (exact) mass is 315 g/mol. The van der Waals surface area contributed by atoms with Crippen LogP contribution in [0.1, 0.15) is 13.8 Å². The summed E-state index contributed by atoms with van der Waals surface area (Å²) in [5.74, 6) is 0. The van der Waals surface area contributed by atoms with E-state index in [0.717, 1.165) is 12.1 Å². The van der Waals surface area contributed by atoms with Gasteiger partial charge in [0, 0.05) is 24.8 Å². The van der Waals surface area contributed by atoms with Crippen LogP contribution >= 0.6 is 0 Å². The summed E-state index contributed by atoms with van der Waals surface area (Å²) in [7, 11) is -4.00. The first-order valence-corrected chi connectivity index (χ1v) is 7.75. The van der Waals surface area contributed by atoms with Crippen LogP contribution in [-0.2, 0) is 14.8 Å². The molecule has 2 rings (SSSR count). The van der Waals surface area contributed by atoms with E-state index >= 15 is 0 Å². The van der Waals surface area contributed by atoms with Crippen molar-refractivity contribution >= 4 is 21.4 Å². The molecule has 0 unspecified atom stereocenters. The van der Waals surface area contributed by atoms with Crippen LogP contribution in [0.15, 0.2) is 23.1 Å². The molecule has 21 heavy (non-hydrogen) atoms. The summed E-state index contributed by atoms with van der Waals surface area (Å²) in [5, 5.41) is 11.0. The second-order valence-corrected chi connectivity index (χ2v) is 7.34. The van der Waals surface area contributed by atoms with Crippen LogP contribution in [0.5, 0.6) is 0 Å². The van der Waals surface area contributed by atoms with Crippen LogP contribution in [0, 0.1) is 10.1 Å². The highest BCUT2D eigenvalue weighted by Crippen LogP contribution is 2.30. The fourth-order valence-corrected chi connectivity index (χ4v) is 3.97. The molecule has 1 aliphatic rings. The quantitative estimate of drug-likeness (QED) is 0.505. The van der Waals surface area contributed by atoms with E-state index in [9.17, 15) is 18.5 Å². The van der Waals surface area contributed by atoms with Crippen molar-refractivity contribution < 1.29 is 18.1 Å². The van der Waals surface area contributed by atoms with E-state index in [1.165, 1.54) is 10.4 Å². The molecule has 1 aromatic carbocycles. The molecular weight excluding hydrogens is 298 g/mol. The van der Waals surface area contributed by atoms with Gasteiger partial charge >= 0.3 is 0 Å². The summed E-state index contributed by atoms with van der Waals surface area (Å²) >= 11 is 0. The third-order valence-corrected chi connectivity index (χ3v) is 5.06. The van der Waals surface area contributed by atoms with Crippen molar-refractivity contribution in [3.8, 4) is 0 Å². The smallest absolute Gasteiger partial charge is 0.289 e. The number of nitro benzene ring substituents is 1. The molecule has 1 heterocycles. The number of ether oxygens (including phenoxy) is 1. The number of nitrogens with zero attached hydrogens (tertiary/aromatic N) is 2. The second kappa shape index (κ2) is 5.24. The Morgan fingerprint density at radius 2 is 2.10 bits per heavy atom. The van der Waals surface area contributed by atoms with Crippen molar-refractivity contribution in [3.05, 3.63) is 28.3 Å². The fraction of sp³-hybridized carbons (Fsp3) is 0.500. The minimum atomic E-state index is -4.00. The third-order valence-electron chi connectivity index (χ3n) is 3.19. The van der Waals surface area contributed by atoms with Crippen LogP contribution in [-0.4, -0.2) is 42.9 Å². The van der Waals surface area contributed by atoms with Gasteiger partial charge < -0.3 is 10.5 Å². The van der Waals surface area contributed by atoms with Crippen molar-refractivity contribution in [3.63, 3.8) is 0 Å². The number of hydrogen-bond donors (Lipinski definition) is 1. The van der Waals surface area contributed by atoms with Crippen LogP contribution in [0.2, 0.25) is 0 Å². The molecule has 8 nitrogen and oxygen atoms in total. The van der Waals surface area contributed by atoms with Gasteiger partial charge in [-0.3, -0.25) is 10.1 Å². The predicted molar refractivity (Wildman–Crippen MR) is 76.3 cm³/mol. The Bertz CT molecular complexity index is 671. The van der Waals surface area contributed by atoms with Gasteiger partial charge in [-0.05, 0) is 26.0 Å². The summed E-state index contributed by atoms with van der Waals surface area (Å²) in [6, 6.07) is 3.53. The molecule has 1 aliphatic heterocycles. The van der Waals surface area contributed by atoms with Crippen LogP contribution in [0.3, 0.4) is 0 Å². The van der Waals surface area contributed by atoms with Crippen LogP contribution in [0.4, 0.5) is 11.4 Å². The molecule has 1 saturated heterocycles. The Morgan fingerprint density at radius 1 is 1.43 bits per heavy atom. The average molecular weight is 315 g/mol. The highest BCUT2D eigenvalue weighted by atomic mass is 32.2. The Kier molecular flexibility index (Phi) is 3.91. The van der Waals surface area contributed by atoms with Crippen molar-refractivity contribution in [2.75, 3.05) is 25.4 Å². The average Bonchev–Trinajstić information content (AvgIpc) is 2.37. The first-order chi connectivity index (χ1) is 9.63. The lowest BCUT2D eigenvalue weighted by Gasteiger charge is -2.37. The van der Waals surface area contributed by atoms with Crippen LogP contribution in [0.25, 0.3) is 0 Å². The zero-order valence-electron chi connectivity index (χ0n) is 11.8. The zero-order chi connectivity index (χ0) is 15.8. The summed E-state index contributed by atoms with van der Waals surface area (Å²) in [5.41, 5.74) is 4.62. The Balaban J connectivity index is 2.49. The van der Waals surface area contributed by atoms with Crippen molar-refractivity contribution in [1.82, 2.24) is 4.31 Å². The van der Waals surface area contributed by atoms with Crippen molar-refractivity contribution in [1.29, 1.82) is 0 Å². The Labute approximate surface area is 122 Å². The number of morpholine rings is 1. The van der Waals surface area contributed by atoms with Gasteiger partial charge in [0.2, 0.25) is 10.0 Å². The lowest BCUT2D eigenvalue weighted by Crippen LogP contribution is -2.50. The molecule has 0 radical (unpaired) electrons. The van der Waals surface area contributed by atoms with Gasteiger partial charge in [-0.15, -0.1) is 0 Å². The third kappa shape index (κ3) is 3.14. The largest absolute Gasteiger partial charge is 0.399 e. The number of nitro groups is 1. The van der Waals surface area contributed by atoms with Gasteiger partial charge in [0.15, 0.2) is 4.90 Å². The maximum atomic E-state index is 12.7. The number of nitrogens with two attached hydrogens (primary N) is 1. The maximum Gasteiger partial charge on any atom is 0.289 e. The molecule has 0 spiro atoms. The molecule has 0 aliphatic carbocycles. The van der Waals surface area contributed by atoms with E-state index in [4.69, 9.17) is 10.5 Å². The van der Waals surface area contributed by atoms with Gasteiger partial charge in [0.1, 0.15) is 0 Å². The van der Waals surface area contributed by atoms with E-state index in [-0.39, 0.29) is 30.3 Å². The van der Waals surface area contributed by atoms with Gasteiger partial charge in [-0.2, -0.15) is 4.31 Å². The molecule has 9 heteroatoms. The van der Waals surface area contributed by atoms with Gasteiger partial charge in [0.05, 0.1) is 17.1 Å². The minimum absolute atomic E-state index is 0.126. The van der Waals surface area contributed by atoms with Gasteiger partial charge in [0.25, 0.3) is 5.69 Å². The van der Waals surface area contributed by atoms with E-state index in [2.05, 4.69) is 0 Å². The normalized spacial score (nSPS) is 19.3. The van der Waals surface area contributed by atoms with Crippen molar-refractivity contribution in [2.24, 2.45) is 0 Å². The first kappa shape index (κ1) is 15.7. The fourth-order valence-electron chi connectivity index (χ4n) is 2.21. The highest BCUT2D eigenvalue weighted by molar-refractivity contribution is 7.89. The summed E-state index contributed by atoms with van der Waals surface area (Å²) in [4.78, 5) is 9.94.